The van der Waals surface area contributed by atoms with Gasteiger partial charge in [0.25, 0.3) is 0 Å². The van der Waals surface area contributed by atoms with Crippen LogP contribution in [-0.2, 0) is 6.54 Å². The third-order valence-corrected chi connectivity index (χ3v) is 6.47. The van der Waals surface area contributed by atoms with Gasteiger partial charge in [0.05, 0.1) is 24.6 Å². The van der Waals surface area contributed by atoms with Crippen LogP contribution < -0.4 is 14.4 Å². The van der Waals surface area contributed by atoms with Crippen LogP contribution in [0.15, 0.2) is 76.5 Å². The fourth-order valence-corrected chi connectivity index (χ4v) is 4.78. The second-order valence-corrected chi connectivity index (χ2v) is 8.92. The maximum atomic E-state index is 5.99. The van der Waals surface area contributed by atoms with E-state index in [2.05, 4.69) is 85.5 Å². The summed E-state index contributed by atoms with van der Waals surface area (Å²) in [6.45, 7) is 6.72. The van der Waals surface area contributed by atoms with Gasteiger partial charge >= 0.3 is 0 Å². The fourth-order valence-electron chi connectivity index (χ4n) is 3.63. The van der Waals surface area contributed by atoms with Gasteiger partial charge in [-0.25, -0.2) is 0 Å². The van der Waals surface area contributed by atoms with Crippen LogP contribution in [0.25, 0.3) is 0 Å². The maximum absolute atomic E-state index is 5.99. The molecule has 31 heavy (non-hydrogen) atoms. The van der Waals surface area contributed by atoms with E-state index in [4.69, 9.17) is 9.47 Å². The number of ether oxygens (including phenoxy) is 2. The average Bonchev–Trinajstić information content (AvgIpc) is 2.80. The number of hydrogen-bond donors (Lipinski definition) is 0. The molecule has 1 aliphatic heterocycles. The first-order chi connectivity index (χ1) is 15.3. The van der Waals surface area contributed by atoms with E-state index in [9.17, 15) is 0 Å². The summed E-state index contributed by atoms with van der Waals surface area (Å²) in [5.41, 5.74) is 3.74. The molecule has 0 radical (unpaired) electrons. The van der Waals surface area contributed by atoms with Crippen LogP contribution in [0.2, 0.25) is 0 Å². The molecule has 0 fully saturated rings. The number of fused-ring (bicyclic) bond motifs is 2. The standard InChI is InChI=1S/C27H31NO2S/c1-3-5-16-29-22-12-14-24-26(18-22)31-27-19-23(30-17-6-4-2)13-15-25(27)28(24)20-21-10-8-7-9-11-21/h7-15,18-19H,3-6,16-17,20H2,1-2H3. The molecule has 1 aliphatic rings. The van der Waals surface area contributed by atoms with Crippen molar-refractivity contribution in [3.05, 3.63) is 72.3 Å². The Morgan fingerprint density at radius 1 is 0.710 bits per heavy atom. The van der Waals surface area contributed by atoms with Gasteiger partial charge in [-0.2, -0.15) is 0 Å². The molecule has 4 rings (SSSR count). The lowest BCUT2D eigenvalue weighted by molar-refractivity contribution is 0.308. The van der Waals surface area contributed by atoms with Gasteiger partial charge in [-0.3, -0.25) is 0 Å². The number of unbranched alkanes of at least 4 members (excludes halogenated alkanes) is 2. The molecule has 0 bridgehead atoms. The molecule has 0 saturated carbocycles. The molecule has 0 aliphatic carbocycles. The molecule has 162 valence electrons. The third kappa shape index (κ3) is 5.37. The van der Waals surface area contributed by atoms with Crippen molar-refractivity contribution in [2.24, 2.45) is 0 Å². The Morgan fingerprint density at radius 3 is 1.77 bits per heavy atom. The first-order valence-corrected chi connectivity index (χ1v) is 12.1. The van der Waals surface area contributed by atoms with Crippen molar-refractivity contribution in [1.29, 1.82) is 0 Å². The summed E-state index contributed by atoms with van der Waals surface area (Å²) >= 11 is 1.80. The second-order valence-electron chi connectivity index (χ2n) is 7.84. The van der Waals surface area contributed by atoms with E-state index < -0.39 is 0 Å². The van der Waals surface area contributed by atoms with Gasteiger partial charge in [-0.15, -0.1) is 0 Å². The zero-order valence-electron chi connectivity index (χ0n) is 18.5. The van der Waals surface area contributed by atoms with Gasteiger partial charge in [-0.1, -0.05) is 68.8 Å². The van der Waals surface area contributed by atoms with Crippen LogP contribution in [0, 0.1) is 0 Å². The number of benzene rings is 3. The molecule has 0 saturated heterocycles. The summed E-state index contributed by atoms with van der Waals surface area (Å²) in [6, 6.07) is 23.6. The molecule has 0 aromatic heterocycles. The molecule has 3 aromatic carbocycles. The van der Waals surface area contributed by atoms with Gasteiger partial charge in [0.15, 0.2) is 0 Å². The van der Waals surface area contributed by atoms with E-state index in [1.807, 2.05) is 0 Å². The third-order valence-electron chi connectivity index (χ3n) is 5.38. The second kappa shape index (κ2) is 10.6. The van der Waals surface area contributed by atoms with E-state index >= 15 is 0 Å². The largest absolute Gasteiger partial charge is 0.494 e. The molecule has 3 nitrogen and oxygen atoms in total. The van der Waals surface area contributed by atoms with Crippen LogP contribution in [0.5, 0.6) is 11.5 Å². The van der Waals surface area contributed by atoms with E-state index in [0.29, 0.717) is 0 Å². The minimum absolute atomic E-state index is 0.764. The van der Waals surface area contributed by atoms with Crippen LogP contribution in [0.4, 0.5) is 11.4 Å². The quantitative estimate of drug-likeness (QED) is 0.303. The Morgan fingerprint density at radius 2 is 1.26 bits per heavy atom. The summed E-state index contributed by atoms with van der Waals surface area (Å²) in [7, 11) is 0. The summed E-state index contributed by atoms with van der Waals surface area (Å²) in [5, 5.41) is 0. The lowest BCUT2D eigenvalue weighted by atomic mass is 10.1. The topological polar surface area (TPSA) is 21.7 Å². The molecular weight excluding hydrogens is 402 g/mol. The molecule has 0 unspecified atom stereocenters. The lowest BCUT2D eigenvalue weighted by Crippen LogP contribution is -2.20. The molecular formula is C27H31NO2S. The zero-order chi connectivity index (χ0) is 21.5. The Bertz CT molecular complexity index is 930. The molecule has 3 aromatic rings. The summed E-state index contributed by atoms with van der Waals surface area (Å²) in [6.07, 6.45) is 4.43. The Labute approximate surface area is 190 Å². The first-order valence-electron chi connectivity index (χ1n) is 11.3. The smallest absolute Gasteiger partial charge is 0.120 e. The van der Waals surface area contributed by atoms with Crippen LogP contribution >= 0.6 is 11.8 Å². The van der Waals surface area contributed by atoms with Crippen LogP contribution in [0.3, 0.4) is 0 Å². The highest BCUT2D eigenvalue weighted by atomic mass is 32.2. The predicted molar refractivity (Wildman–Crippen MR) is 130 cm³/mol. The Kier molecular flexibility index (Phi) is 7.42. The normalized spacial score (nSPS) is 12.3. The Balaban J connectivity index is 1.65. The lowest BCUT2D eigenvalue weighted by Gasteiger charge is -2.33. The van der Waals surface area contributed by atoms with Gasteiger partial charge in [-0.05, 0) is 54.8 Å². The number of rotatable bonds is 10. The van der Waals surface area contributed by atoms with E-state index in [-0.39, 0.29) is 0 Å². The van der Waals surface area contributed by atoms with Crippen molar-refractivity contribution in [2.45, 2.75) is 55.9 Å². The van der Waals surface area contributed by atoms with Gasteiger partial charge in [0.1, 0.15) is 11.5 Å². The summed E-state index contributed by atoms with van der Waals surface area (Å²) < 4.78 is 12.0. The number of nitrogens with zero attached hydrogens (tertiary/aromatic N) is 1. The summed E-state index contributed by atoms with van der Waals surface area (Å²) in [5.74, 6) is 1.89. The summed E-state index contributed by atoms with van der Waals surface area (Å²) in [4.78, 5) is 4.86. The maximum Gasteiger partial charge on any atom is 0.120 e. The van der Waals surface area contributed by atoms with Crippen LogP contribution in [0.1, 0.15) is 45.1 Å². The van der Waals surface area contributed by atoms with E-state index in [1.54, 1.807) is 11.8 Å². The van der Waals surface area contributed by atoms with Crippen molar-refractivity contribution >= 4 is 23.1 Å². The van der Waals surface area contributed by atoms with Crippen molar-refractivity contribution in [2.75, 3.05) is 18.1 Å². The highest BCUT2D eigenvalue weighted by Crippen LogP contribution is 2.50. The van der Waals surface area contributed by atoms with E-state index in [1.165, 1.54) is 26.7 Å². The molecule has 0 amide bonds. The van der Waals surface area contributed by atoms with Gasteiger partial charge in [0, 0.05) is 16.3 Å². The number of hydrogen-bond acceptors (Lipinski definition) is 4. The first kappa shape index (κ1) is 21.6. The monoisotopic (exact) mass is 433 g/mol. The van der Waals surface area contributed by atoms with Gasteiger partial charge in [0.2, 0.25) is 0 Å². The molecule has 0 atom stereocenters. The van der Waals surface area contributed by atoms with Crippen molar-refractivity contribution in [3.8, 4) is 11.5 Å². The molecule has 1 heterocycles. The van der Waals surface area contributed by atoms with Crippen molar-refractivity contribution in [1.82, 2.24) is 0 Å². The zero-order valence-corrected chi connectivity index (χ0v) is 19.3. The highest BCUT2D eigenvalue weighted by Gasteiger charge is 2.24. The molecule has 0 N–H and O–H groups in total. The molecule has 0 spiro atoms. The Hall–Kier alpha value is -2.59. The van der Waals surface area contributed by atoms with E-state index in [0.717, 1.165) is 56.9 Å². The highest BCUT2D eigenvalue weighted by molar-refractivity contribution is 7.99. The minimum Gasteiger partial charge on any atom is -0.494 e. The van der Waals surface area contributed by atoms with Crippen molar-refractivity contribution < 1.29 is 9.47 Å². The average molecular weight is 434 g/mol. The fraction of sp³-hybridized carbons (Fsp3) is 0.333. The van der Waals surface area contributed by atoms with Crippen LogP contribution in [-0.4, -0.2) is 13.2 Å². The van der Waals surface area contributed by atoms with Crippen molar-refractivity contribution in [3.63, 3.8) is 0 Å². The number of anilines is 2. The molecule has 4 heteroatoms. The minimum atomic E-state index is 0.764. The van der Waals surface area contributed by atoms with Gasteiger partial charge < -0.3 is 14.4 Å². The SMILES string of the molecule is CCCCOc1ccc2c(c1)Sc1cc(OCCCC)ccc1N2Cc1ccccc1. The predicted octanol–water partition coefficient (Wildman–Crippen LogP) is 7.85.